The van der Waals surface area contributed by atoms with E-state index >= 15 is 0 Å². The van der Waals surface area contributed by atoms with Gasteiger partial charge < -0.3 is 4.57 Å². The molecule has 0 spiro atoms. The number of halogens is 2. The van der Waals surface area contributed by atoms with E-state index in [2.05, 4.69) is 0 Å². The number of aryl methyl sites for hydroxylation is 1. The molecule has 0 unspecified atom stereocenters. The van der Waals surface area contributed by atoms with E-state index in [9.17, 15) is 14.0 Å². The number of hydrogen-bond acceptors (Lipinski definition) is 2. The fourth-order valence-electron chi connectivity index (χ4n) is 1.65. The van der Waals surface area contributed by atoms with Crippen LogP contribution >= 0.6 is 11.6 Å². The molecule has 0 fully saturated rings. The summed E-state index contributed by atoms with van der Waals surface area (Å²) in [7, 11) is 1.70. The Kier molecular flexibility index (Phi) is 2.52. The van der Waals surface area contributed by atoms with Crippen LogP contribution in [0.2, 0.25) is 0 Å². The Morgan fingerprint density at radius 2 is 2.06 bits per heavy atom. The Balaban J connectivity index is 2.75. The summed E-state index contributed by atoms with van der Waals surface area (Å²) in [4.78, 5) is 22.3. The van der Waals surface area contributed by atoms with Gasteiger partial charge in [0.25, 0.3) is 5.24 Å². The maximum absolute atomic E-state index is 13.1. The van der Waals surface area contributed by atoms with Crippen LogP contribution in [-0.2, 0) is 11.8 Å². The average Bonchev–Trinajstić information content (AvgIpc) is 2.54. The molecule has 2 aromatic rings. The van der Waals surface area contributed by atoms with Crippen molar-refractivity contribution in [1.29, 1.82) is 0 Å². The van der Waals surface area contributed by atoms with Gasteiger partial charge in [0.15, 0.2) is 0 Å². The number of Topliss-reactive ketones (excluding diaryl/α,β-unsaturated/α-hetero) is 1. The fourth-order valence-corrected chi connectivity index (χ4v) is 1.75. The smallest absolute Gasteiger partial charge is 0.293 e. The Morgan fingerprint density at radius 1 is 1.38 bits per heavy atom. The average molecular weight is 240 g/mol. The van der Waals surface area contributed by atoms with Gasteiger partial charge in [-0.05, 0) is 29.8 Å². The molecule has 0 N–H and O–H groups in total. The van der Waals surface area contributed by atoms with Gasteiger partial charge in [-0.15, -0.1) is 0 Å². The molecule has 5 heteroatoms. The molecule has 0 aliphatic carbocycles. The van der Waals surface area contributed by atoms with Gasteiger partial charge in [-0.25, -0.2) is 4.39 Å². The molecule has 0 saturated heterocycles. The van der Waals surface area contributed by atoms with Crippen LogP contribution < -0.4 is 0 Å². The van der Waals surface area contributed by atoms with Crippen molar-refractivity contribution in [1.82, 2.24) is 4.57 Å². The number of ketones is 1. The molecule has 16 heavy (non-hydrogen) atoms. The first-order valence-corrected chi connectivity index (χ1v) is 4.87. The minimum atomic E-state index is -1.07. The molecule has 0 aliphatic heterocycles. The first kappa shape index (κ1) is 10.8. The van der Waals surface area contributed by atoms with Crippen molar-refractivity contribution >= 4 is 33.5 Å². The zero-order valence-electron chi connectivity index (χ0n) is 8.33. The Morgan fingerprint density at radius 3 is 2.69 bits per heavy atom. The van der Waals surface area contributed by atoms with Gasteiger partial charge in [-0.3, -0.25) is 9.59 Å². The van der Waals surface area contributed by atoms with E-state index in [1.165, 1.54) is 18.3 Å². The normalized spacial score (nSPS) is 10.7. The van der Waals surface area contributed by atoms with Gasteiger partial charge >= 0.3 is 0 Å². The summed E-state index contributed by atoms with van der Waals surface area (Å²) in [6.45, 7) is 0. The molecule has 3 nitrogen and oxygen atoms in total. The van der Waals surface area contributed by atoms with Crippen LogP contribution in [0.3, 0.4) is 0 Å². The molecule has 0 saturated carbocycles. The van der Waals surface area contributed by atoms with E-state index in [0.717, 1.165) is 0 Å². The van der Waals surface area contributed by atoms with E-state index in [4.69, 9.17) is 11.6 Å². The predicted molar refractivity (Wildman–Crippen MR) is 58.1 cm³/mol. The number of carbonyl (C=O) groups is 2. The fraction of sp³-hybridized carbons (Fsp3) is 0.0909. The van der Waals surface area contributed by atoms with Gasteiger partial charge in [0, 0.05) is 24.1 Å². The highest BCUT2D eigenvalue weighted by molar-refractivity contribution is 6.83. The quantitative estimate of drug-likeness (QED) is 0.458. The zero-order valence-corrected chi connectivity index (χ0v) is 9.08. The second-order valence-electron chi connectivity index (χ2n) is 3.42. The van der Waals surface area contributed by atoms with E-state index < -0.39 is 16.8 Å². The molecule has 2 rings (SSSR count). The van der Waals surface area contributed by atoms with Crippen LogP contribution in [0.1, 0.15) is 10.4 Å². The predicted octanol–water partition coefficient (Wildman–Crippen LogP) is 2.27. The minimum absolute atomic E-state index is 0.122. The second kappa shape index (κ2) is 3.72. The lowest BCUT2D eigenvalue weighted by Crippen LogP contribution is -2.06. The van der Waals surface area contributed by atoms with Gasteiger partial charge in [-0.1, -0.05) is 0 Å². The highest BCUT2D eigenvalue weighted by Crippen LogP contribution is 2.22. The Hall–Kier alpha value is -1.68. The highest BCUT2D eigenvalue weighted by Gasteiger charge is 2.19. The topological polar surface area (TPSA) is 39.1 Å². The Labute approximate surface area is 95.4 Å². The first-order valence-electron chi connectivity index (χ1n) is 4.49. The summed E-state index contributed by atoms with van der Waals surface area (Å²) in [6, 6.07) is 4.04. The molecule has 82 valence electrons. The van der Waals surface area contributed by atoms with E-state index in [1.54, 1.807) is 17.7 Å². The van der Waals surface area contributed by atoms with Crippen molar-refractivity contribution in [3.63, 3.8) is 0 Å². The molecule has 1 aromatic carbocycles. The Bertz CT molecular complexity index is 603. The van der Waals surface area contributed by atoms with Crippen LogP contribution in [0, 0.1) is 5.82 Å². The molecule has 0 amide bonds. The summed E-state index contributed by atoms with van der Waals surface area (Å²) in [5, 5.41) is -0.682. The molecular weight excluding hydrogens is 233 g/mol. The summed E-state index contributed by atoms with van der Waals surface area (Å²) >= 11 is 5.12. The van der Waals surface area contributed by atoms with Gasteiger partial charge in [0.1, 0.15) is 5.82 Å². The molecule has 1 aromatic heterocycles. The summed E-state index contributed by atoms with van der Waals surface area (Å²) in [5.74, 6) is -1.28. The molecule has 0 atom stereocenters. The van der Waals surface area contributed by atoms with E-state index in [-0.39, 0.29) is 5.56 Å². The van der Waals surface area contributed by atoms with Crippen molar-refractivity contribution in [3.05, 3.63) is 35.8 Å². The van der Waals surface area contributed by atoms with Crippen molar-refractivity contribution in [2.75, 3.05) is 0 Å². The lowest BCUT2D eigenvalue weighted by atomic mass is 10.1. The van der Waals surface area contributed by atoms with Gasteiger partial charge in [0.05, 0.1) is 5.56 Å². The number of rotatable bonds is 2. The largest absolute Gasteiger partial charge is 0.350 e. The van der Waals surface area contributed by atoms with Crippen molar-refractivity contribution in [3.8, 4) is 0 Å². The third kappa shape index (κ3) is 1.61. The number of carbonyl (C=O) groups excluding carboxylic acids is 2. The third-order valence-electron chi connectivity index (χ3n) is 2.37. The van der Waals surface area contributed by atoms with Crippen LogP contribution in [0.25, 0.3) is 10.9 Å². The molecule has 0 radical (unpaired) electrons. The molecular formula is C11H7ClFNO2. The lowest BCUT2D eigenvalue weighted by molar-refractivity contribution is -0.108. The SMILES string of the molecule is Cn1cc(C(=O)C(=O)Cl)c2cc(F)ccc21. The third-order valence-corrected chi connectivity index (χ3v) is 2.55. The van der Waals surface area contributed by atoms with Crippen molar-refractivity contribution < 1.29 is 14.0 Å². The maximum atomic E-state index is 13.1. The van der Waals surface area contributed by atoms with Crippen LogP contribution in [0.15, 0.2) is 24.4 Å². The van der Waals surface area contributed by atoms with E-state index in [1.807, 2.05) is 0 Å². The summed E-state index contributed by atoms with van der Waals surface area (Å²) in [5.41, 5.74) is 0.791. The monoisotopic (exact) mass is 239 g/mol. The van der Waals surface area contributed by atoms with E-state index in [0.29, 0.717) is 10.9 Å². The zero-order chi connectivity index (χ0) is 11.9. The van der Waals surface area contributed by atoms with Gasteiger partial charge in [0.2, 0.25) is 5.78 Å². The number of hydrogen-bond donors (Lipinski definition) is 0. The number of benzene rings is 1. The summed E-state index contributed by atoms with van der Waals surface area (Å²) < 4.78 is 14.7. The van der Waals surface area contributed by atoms with Gasteiger partial charge in [-0.2, -0.15) is 0 Å². The van der Waals surface area contributed by atoms with Crippen LogP contribution in [0.4, 0.5) is 4.39 Å². The lowest BCUT2D eigenvalue weighted by Gasteiger charge is -1.95. The standard InChI is InChI=1S/C11H7ClFNO2/c1-14-5-8(10(15)11(12)16)7-4-6(13)2-3-9(7)14/h2-5H,1H3. The number of nitrogens with zero attached hydrogens (tertiary/aromatic N) is 1. The molecule has 0 bridgehead atoms. The van der Waals surface area contributed by atoms with Crippen LogP contribution in [-0.4, -0.2) is 15.6 Å². The van der Waals surface area contributed by atoms with Crippen LogP contribution in [0.5, 0.6) is 0 Å². The molecule has 0 aliphatic rings. The number of aromatic nitrogens is 1. The molecule has 1 heterocycles. The maximum Gasteiger partial charge on any atom is 0.293 e. The van der Waals surface area contributed by atoms with Crippen molar-refractivity contribution in [2.45, 2.75) is 0 Å². The highest BCUT2D eigenvalue weighted by atomic mass is 35.5. The number of fused-ring (bicyclic) bond motifs is 1. The minimum Gasteiger partial charge on any atom is -0.350 e. The summed E-state index contributed by atoms with van der Waals surface area (Å²) in [6.07, 6.45) is 1.46. The second-order valence-corrected chi connectivity index (χ2v) is 3.76. The first-order chi connectivity index (χ1) is 7.50. The van der Waals surface area contributed by atoms with Crippen molar-refractivity contribution in [2.24, 2.45) is 7.05 Å².